The second-order valence-corrected chi connectivity index (χ2v) is 6.41. The van der Waals surface area contributed by atoms with Gasteiger partial charge in [0, 0.05) is 24.7 Å². The van der Waals surface area contributed by atoms with Gasteiger partial charge in [-0.2, -0.15) is 4.98 Å². The Labute approximate surface area is 120 Å². The van der Waals surface area contributed by atoms with Crippen molar-refractivity contribution in [3.63, 3.8) is 0 Å². The topological polar surface area (TPSA) is 67.1 Å². The van der Waals surface area contributed by atoms with Gasteiger partial charge in [-0.1, -0.05) is 0 Å². The maximum Gasteiger partial charge on any atom is 0.222 e. The van der Waals surface area contributed by atoms with E-state index in [4.69, 9.17) is 5.73 Å². The van der Waals surface area contributed by atoms with Gasteiger partial charge < -0.3 is 16.0 Å². The summed E-state index contributed by atoms with van der Waals surface area (Å²) in [4.78, 5) is 11.5. The van der Waals surface area contributed by atoms with E-state index in [9.17, 15) is 0 Å². The number of nitrogens with two attached hydrogens (primary N) is 1. The Kier molecular flexibility index (Phi) is 3.02. The molecule has 0 saturated carbocycles. The molecule has 2 aliphatic heterocycles. The summed E-state index contributed by atoms with van der Waals surface area (Å²) in [6, 6.07) is 0.638. The summed E-state index contributed by atoms with van der Waals surface area (Å²) in [5.74, 6) is 2.35. The Hall–Kier alpha value is -1.36. The molecule has 2 fully saturated rings. The molecule has 20 heavy (non-hydrogen) atoms. The smallest absolute Gasteiger partial charge is 0.222 e. The van der Waals surface area contributed by atoms with Gasteiger partial charge in [-0.05, 0) is 51.0 Å². The normalized spacial score (nSPS) is 29.1. The molecule has 0 amide bonds. The van der Waals surface area contributed by atoms with Crippen LogP contribution in [0, 0.1) is 5.92 Å². The molecule has 3 heterocycles. The first kappa shape index (κ1) is 12.4. The van der Waals surface area contributed by atoms with E-state index in [1.165, 1.54) is 43.5 Å². The lowest BCUT2D eigenvalue weighted by Crippen LogP contribution is -2.40. The zero-order valence-corrected chi connectivity index (χ0v) is 11.9. The van der Waals surface area contributed by atoms with E-state index in [-0.39, 0.29) is 0 Å². The molecule has 0 bridgehead atoms. The summed E-state index contributed by atoms with van der Waals surface area (Å²) in [5.41, 5.74) is 8.49. The lowest BCUT2D eigenvalue weighted by molar-refractivity contribution is 0.340. The molecular formula is C15H23N5. The van der Waals surface area contributed by atoms with Gasteiger partial charge >= 0.3 is 0 Å². The van der Waals surface area contributed by atoms with Gasteiger partial charge in [0.25, 0.3) is 0 Å². The fourth-order valence-electron chi connectivity index (χ4n) is 4.07. The van der Waals surface area contributed by atoms with E-state index < -0.39 is 0 Å². The summed E-state index contributed by atoms with van der Waals surface area (Å²) in [6.07, 6.45) is 7.32. The van der Waals surface area contributed by atoms with Gasteiger partial charge in [0.15, 0.2) is 0 Å². The maximum atomic E-state index is 5.93. The molecule has 3 aliphatic rings. The van der Waals surface area contributed by atoms with Crippen molar-refractivity contribution in [2.24, 2.45) is 5.92 Å². The molecule has 5 nitrogen and oxygen atoms in total. The van der Waals surface area contributed by atoms with Crippen LogP contribution in [0.1, 0.15) is 36.9 Å². The molecule has 0 radical (unpaired) electrons. The Morgan fingerprint density at radius 3 is 2.90 bits per heavy atom. The Morgan fingerprint density at radius 2 is 2.00 bits per heavy atom. The van der Waals surface area contributed by atoms with Crippen LogP contribution < -0.4 is 16.0 Å². The minimum atomic E-state index is 0.448. The Bertz CT molecular complexity index is 501. The quantitative estimate of drug-likeness (QED) is 0.803. The summed E-state index contributed by atoms with van der Waals surface area (Å²) >= 11 is 0. The van der Waals surface area contributed by atoms with Crippen molar-refractivity contribution in [3.05, 3.63) is 11.3 Å². The second-order valence-electron chi connectivity index (χ2n) is 6.41. The van der Waals surface area contributed by atoms with Crippen LogP contribution in [-0.2, 0) is 12.8 Å². The number of nitrogen functional groups attached to an aromatic ring is 1. The van der Waals surface area contributed by atoms with Crippen molar-refractivity contribution in [1.82, 2.24) is 15.3 Å². The molecule has 3 N–H and O–H groups in total. The first-order valence-electron chi connectivity index (χ1n) is 7.95. The monoisotopic (exact) mass is 273 g/mol. The number of aromatic nitrogens is 2. The van der Waals surface area contributed by atoms with E-state index >= 15 is 0 Å². The molecule has 0 aromatic carbocycles. The molecule has 1 aromatic heterocycles. The van der Waals surface area contributed by atoms with Crippen LogP contribution >= 0.6 is 0 Å². The minimum absolute atomic E-state index is 0.448. The predicted molar refractivity (Wildman–Crippen MR) is 79.8 cm³/mol. The van der Waals surface area contributed by atoms with E-state index in [2.05, 4.69) is 20.2 Å². The van der Waals surface area contributed by atoms with Gasteiger partial charge in [-0.3, -0.25) is 0 Å². The van der Waals surface area contributed by atoms with E-state index in [1.54, 1.807) is 0 Å². The third-order valence-corrected chi connectivity index (χ3v) is 5.08. The van der Waals surface area contributed by atoms with Crippen molar-refractivity contribution >= 4 is 11.8 Å². The number of rotatable bonds is 1. The number of anilines is 2. The zero-order valence-electron chi connectivity index (χ0n) is 11.9. The highest BCUT2D eigenvalue weighted by molar-refractivity contribution is 5.54. The number of hydrogen-bond acceptors (Lipinski definition) is 5. The van der Waals surface area contributed by atoms with Crippen LogP contribution in [0.5, 0.6) is 0 Å². The molecular weight excluding hydrogens is 250 g/mol. The number of aryl methyl sites for hydroxylation is 1. The predicted octanol–water partition coefficient (Wildman–Crippen LogP) is 1.13. The van der Waals surface area contributed by atoms with E-state index in [0.29, 0.717) is 12.0 Å². The highest BCUT2D eigenvalue weighted by Gasteiger charge is 2.36. The summed E-state index contributed by atoms with van der Waals surface area (Å²) in [6.45, 7) is 3.37. The average molecular weight is 273 g/mol. The van der Waals surface area contributed by atoms with E-state index in [1.807, 2.05) is 0 Å². The van der Waals surface area contributed by atoms with Gasteiger partial charge in [0.2, 0.25) is 5.95 Å². The summed E-state index contributed by atoms with van der Waals surface area (Å²) < 4.78 is 0. The molecule has 108 valence electrons. The summed E-state index contributed by atoms with van der Waals surface area (Å²) in [7, 11) is 0. The maximum absolute atomic E-state index is 5.93. The fraction of sp³-hybridized carbons (Fsp3) is 0.733. The lowest BCUT2D eigenvalue weighted by atomic mass is 9.94. The first-order valence-corrected chi connectivity index (χ1v) is 7.95. The third-order valence-electron chi connectivity index (χ3n) is 5.08. The molecule has 4 rings (SSSR count). The number of hydrogen-bond donors (Lipinski definition) is 2. The molecule has 1 aliphatic carbocycles. The van der Waals surface area contributed by atoms with Crippen LogP contribution in [0.15, 0.2) is 0 Å². The lowest BCUT2D eigenvalue weighted by Gasteiger charge is -2.25. The molecule has 2 saturated heterocycles. The van der Waals surface area contributed by atoms with Gasteiger partial charge in [0.05, 0.1) is 5.69 Å². The van der Waals surface area contributed by atoms with Crippen LogP contribution in [0.4, 0.5) is 11.8 Å². The third kappa shape index (κ3) is 2.04. The number of piperidine rings is 1. The van der Waals surface area contributed by atoms with Crippen molar-refractivity contribution in [2.45, 2.75) is 44.6 Å². The SMILES string of the molecule is Nc1nc2c(c(N3C[C@H]4CCCN[C@H]4C3)n1)CCCC2. The van der Waals surface area contributed by atoms with Crippen molar-refractivity contribution in [1.29, 1.82) is 0 Å². The van der Waals surface area contributed by atoms with Gasteiger partial charge in [-0.25, -0.2) is 4.98 Å². The van der Waals surface area contributed by atoms with E-state index in [0.717, 1.165) is 37.7 Å². The van der Waals surface area contributed by atoms with Crippen LogP contribution in [0.2, 0.25) is 0 Å². The van der Waals surface area contributed by atoms with Crippen LogP contribution in [0.3, 0.4) is 0 Å². The molecule has 0 unspecified atom stereocenters. The molecule has 5 heteroatoms. The van der Waals surface area contributed by atoms with Gasteiger partial charge in [0.1, 0.15) is 5.82 Å². The molecule has 0 spiro atoms. The molecule has 1 aromatic rings. The minimum Gasteiger partial charge on any atom is -0.368 e. The highest BCUT2D eigenvalue weighted by Crippen LogP contribution is 2.33. The zero-order chi connectivity index (χ0) is 13.5. The van der Waals surface area contributed by atoms with Crippen molar-refractivity contribution in [3.8, 4) is 0 Å². The first-order chi connectivity index (χ1) is 9.81. The highest BCUT2D eigenvalue weighted by atomic mass is 15.3. The second kappa shape index (κ2) is 4.88. The Balaban J connectivity index is 1.66. The number of nitrogens with one attached hydrogen (secondary N) is 1. The van der Waals surface area contributed by atoms with Crippen LogP contribution in [0.25, 0.3) is 0 Å². The van der Waals surface area contributed by atoms with Gasteiger partial charge in [-0.15, -0.1) is 0 Å². The fourth-order valence-corrected chi connectivity index (χ4v) is 4.07. The molecule has 2 atom stereocenters. The average Bonchev–Trinajstić information content (AvgIpc) is 2.90. The standard InChI is InChI=1S/C15H23N5/c16-15-18-12-6-2-1-5-11(12)14(19-15)20-8-10-4-3-7-17-13(10)9-20/h10,13,17H,1-9H2,(H2,16,18,19)/t10-,13+/m1/s1. The van der Waals surface area contributed by atoms with Crippen molar-refractivity contribution in [2.75, 3.05) is 30.3 Å². The summed E-state index contributed by atoms with van der Waals surface area (Å²) in [5, 5.41) is 3.66. The number of fused-ring (bicyclic) bond motifs is 2. The van der Waals surface area contributed by atoms with Crippen LogP contribution in [-0.4, -0.2) is 35.6 Å². The Morgan fingerprint density at radius 1 is 1.10 bits per heavy atom. The number of nitrogens with zero attached hydrogens (tertiary/aromatic N) is 3. The largest absolute Gasteiger partial charge is 0.368 e. The van der Waals surface area contributed by atoms with Crippen molar-refractivity contribution < 1.29 is 0 Å².